The van der Waals surface area contributed by atoms with Gasteiger partial charge in [0.15, 0.2) is 0 Å². The molecule has 0 saturated carbocycles. The normalized spacial score (nSPS) is 11.8. The predicted molar refractivity (Wildman–Crippen MR) is 129 cm³/mol. The number of hydrogen-bond donors (Lipinski definition) is 1. The zero-order valence-corrected chi connectivity index (χ0v) is 19.6. The molecule has 0 aliphatic heterocycles. The quantitative estimate of drug-likeness (QED) is 0.472. The molecule has 2 amide bonds. The first-order chi connectivity index (χ1) is 15.8. The second-order valence-corrected chi connectivity index (χ2v) is 8.66. The third-order valence-corrected chi connectivity index (χ3v) is 5.67. The second-order valence-electron chi connectivity index (χ2n) is 8.25. The fourth-order valence-corrected chi connectivity index (χ4v) is 3.85. The smallest absolute Gasteiger partial charge is 0.243 e. The van der Waals surface area contributed by atoms with Crippen molar-refractivity contribution in [3.8, 4) is 0 Å². The molecule has 0 fully saturated rings. The van der Waals surface area contributed by atoms with E-state index in [1.807, 2.05) is 50.2 Å². The molecule has 0 unspecified atom stereocenters. The van der Waals surface area contributed by atoms with Crippen LogP contribution in [0.25, 0.3) is 0 Å². The average molecular weight is 467 g/mol. The Bertz CT molecular complexity index is 1090. The minimum Gasteiger partial charge on any atom is -0.352 e. The summed E-state index contributed by atoms with van der Waals surface area (Å²) < 4.78 is 14.5. The van der Waals surface area contributed by atoms with Gasteiger partial charge in [-0.05, 0) is 37.1 Å². The minimum absolute atomic E-state index is 0.00831. The summed E-state index contributed by atoms with van der Waals surface area (Å²) in [5.74, 6) is -1.00. The van der Waals surface area contributed by atoms with Crippen LogP contribution in [0.15, 0.2) is 78.9 Å². The van der Waals surface area contributed by atoms with Crippen molar-refractivity contribution in [1.82, 2.24) is 10.2 Å². The van der Waals surface area contributed by atoms with Crippen LogP contribution in [0.4, 0.5) is 4.39 Å². The first-order valence-electron chi connectivity index (χ1n) is 11.0. The maximum absolute atomic E-state index is 14.5. The van der Waals surface area contributed by atoms with E-state index in [-0.39, 0.29) is 30.8 Å². The van der Waals surface area contributed by atoms with Gasteiger partial charge >= 0.3 is 0 Å². The lowest BCUT2D eigenvalue weighted by atomic mass is 10.0. The Hall–Kier alpha value is -3.18. The lowest BCUT2D eigenvalue weighted by Gasteiger charge is -2.32. The van der Waals surface area contributed by atoms with Crippen molar-refractivity contribution < 1.29 is 14.0 Å². The molecule has 4 nitrogen and oxygen atoms in total. The fourth-order valence-electron chi connectivity index (χ4n) is 3.65. The van der Waals surface area contributed by atoms with Crippen molar-refractivity contribution in [2.75, 3.05) is 0 Å². The largest absolute Gasteiger partial charge is 0.352 e. The molecule has 172 valence electrons. The summed E-state index contributed by atoms with van der Waals surface area (Å²) in [6.45, 7) is 3.70. The molecular formula is C27H28ClFN2O2. The first-order valence-corrected chi connectivity index (χ1v) is 11.3. The van der Waals surface area contributed by atoms with Crippen molar-refractivity contribution in [3.05, 3.63) is 106 Å². The Morgan fingerprint density at radius 3 is 2.15 bits per heavy atom. The number of rotatable bonds is 9. The van der Waals surface area contributed by atoms with Crippen LogP contribution in [0.1, 0.15) is 30.5 Å². The van der Waals surface area contributed by atoms with E-state index >= 15 is 0 Å². The zero-order valence-electron chi connectivity index (χ0n) is 18.8. The molecule has 3 rings (SSSR count). The van der Waals surface area contributed by atoms with Crippen LogP contribution >= 0.6 is 11.6 Å². The third-order valence-electron chi connectivity index (χ3n) is 5.30. The van der Waals surface area contributed by atoms with Crippen LogP contribution in [-0.4, -0.2) is 28.8 Å². The Morgan fingerprint density at radius 1 is 0.909 bits per heavy atom. The van der Waals surface area contributed by atoms with Crippen LogP contribution in [0.2, 0.25) is 5.02 Å². The topological polar surface area (TPSA) is 49.4 Å². The SMILES string of the molecule is CC(C)NC(=O)[C@@H](Cc1ccccc1)N(Cc1ccccc1F)C(=O)Cc1ccccc1Cl. The number of halogens is 2. The molecule has 3 aromatic carbocycles. The van der Waals surface area contributed by atoms with Gasteiger partial charge in [-0.2, -0.15) is 0 Å². The van der Waals surface area contributed by atoms with E-state index in [9.17, 15) is 14.0 Å². The van der Waals surface area contributed by atoms with Crippen LogP contribution in [0.5, 0.6) is 0 Å². The number of carbonyl (C=O) groups is 2. The van der Waals surface area contributed by atoms with Crippen LogP contribution < -0.4 is 5.32 Å². The van der Waals surface area contributed by atoms with Gasteiger partial charge in [0, 0.05) is 29.6 Å². The molecule has 0 spiro atoms. The molecular weight excluding hydrogens is 439 g/mol. The molecule has 0 aliphatic carbocycles. The molecule has 1 N–H and O–H groups in total. The molecule has 3 aromatic rings. The summed E-state index contributed by atoms with van der Waals surface area (Å²) in [5, 5.41) is 3.40. The van der Waals surface area contributed by atoms with Gasteiger partial charge in [0.05, 0.1) is 6.42 Å². The van der Waals surface area contributed by atoms with Gasteiger partial charge in [-0.1, -0.05) is 78.3 Å². The fraction of sp³-hybridized carbons (Fsp3) is 0.259. The standard InChI is InChI=1S/C27H28ClFN2O2/c1-19(2)30-27(33)25(16-20-10-4-3-5-11-20)31(18-22-13-7-9-15-24(22)29)26(32)17-21-12-6-8-14-23(21)28/h3-15,19,25H,16-18H2,1-2H3,(H,30,33)/t25-/m1/s1. The van der Waals surface area contributed by atoms with Crippen molar-refractivity contribution in [2.24, 2.45) is 0 Å². The number of hydrogen-bond acceptors (Lipinski definition) is 2. The summed E-state index contributed by atoms with van der Waals surface area (Å²) in [4.78, 5) is 28.3. The van der Waals surface area contributed by atoms with Crippen LogP contribution in [0.3, 0.4) is 0 Å². The Balaban J connectivity index is 1.99. The summed E-state index contributed by atoms with van der Waals surface area (Å²) in [6.07, 6.45) is 0.316. The predicted octanol–water partition coefficient (Wildman–Crippen LogP) is 5.19. The number of nitrogens with one attached hydrogen (secondary N) is 1. The third kappa shape index (κ3) is 6.90. The van der Waals surface area contributed by atoms with E-state index in [4.69, 9.17) is 11.6 Å². The monoisotopic (exact) mass is 466 g/mol. The number of carbonyl (C=O) groups excluding carboxylic acids is 2. The van der Waals surface area contributed by atoms with Crippen molar-refractivity contribution in [3.63, 3.8) is 0 Å². The van der Waals surface area contributed by atoms with Gasteiger partial charge in [-0.15, -0.1) is 0 Å². The van der Waals surface area contributed by atoms with Gasteiger partial charge in [-0.3, -0.25) is 9.59 Å². The Labute approximate surface area is 199 Å². The van der Waals surface area contributed by atoms with Gasteiger partial charge in [0.2, 0.25) is 11.8 Å². The van der Waals surface area contributed by atoms with E-state index in [0.29, 0.717) is 22.6 Å². The van der Waals surface area contributed by atoms with E-state index in [1.165, 1.54) is 11.0 Å². The van der Waals surface area contributed by atoms with Crippen molar-refractivity contribution in [1.29, 1.82) is 0 Å². The highest BCUT2D eigenvalue weighted by atomic mass is 35.5. The summed E-state index contributed by atoms with van der Waals surface area (Å²) in [6, 6.07) is 22.0. The maximum atomic E-state index is 14.5. The van der Waals surface area contributed by atoms with Crippen molar-refractivity contribution in [2.45, 2.75) is 45.3 Å². The highest BCUT2D eigenvalue weighted by molar-refractivity contribution is 6.31. The molecule has 0 radical (unpaired) electrons. The molecule has 0 heterocycles. The highest BCUT2D eigenvalue weighted by Gasteiger charge is 2.31. The van der Waals surface area contributed by atoms with E-state index in [2.05, 4.69) is 5.32 Å². The van der Waals surface area contributed by atoms with Gasteiger partial charge < -0.3 is 10.2 Å². The van der Waals surface area contributed by atoms with Gasteiger partial charge in [-0.25, -0.2) is 4.39 Å². The average Bonchev–Trinajstić information content (AvgIpc) is 2.79. The molecule has 0 aromatic heterocycles. The van der Waals surface area contributed by atoms with E-state index in [1.54, 1.807) is 36.4 Å². The number of benzene rings is 3. The Morgan fingerprint density at radius 2 is 1.52 bits per heavy atom. The minimum atomic E-state index is -0.815. The zero-order chi connectivity index (χ0) is 23.8. The summed E-state index contributed by atoms with van der Waals surface area (Å²) in [7, 11) is 0. The van der Waals surface area contributed by atoms with Crippen LogP contribution in [0, 0.1) is 5.82 Å². The lowest BCUT2D eigenvalue weighted by molar-refractivity contribution is -0.141. The molecule has 0 saturated heterocycles. The van der Waals surface area contributed by atoms with Crippen molar-refractivity contribution >= 4 is 23.4 Å². The number of amides is 2. The molecule has 33 heavy (non-hydrogen) atoms. The number of nitrogens with zero attached hydrogens (tertiary/aromatic N) is 1. The summed E-state index contributed by atoms with van der Waals surface area (Å²) >= 11 is 6.29. The highest BCUT2D eigenvalue weighted by Crippen LogP contribution is 2.21. The van der Waals surface area contributed by atoms with E-state index in [0.717, 1.165) is 5.56 Å². The summed E-state index contributed by atoms with van der Waals surface area (Å²) in [5.41, 5.74) is 1.91. The molecule has 1 atom stereocenters. The van der Waals surface area contributed by atoms with Gasteiger partial charge in [0.25, 0.3) is 0 Å². The van der Waals surface area contributed by atoms with E-state index < -0.39 is 11.9 Å². The molecule has 6 heteroatoms. The van der Waals surface area contributed by atoms with Crippen LogP contribution in [-0.2, 0) is 29.0 Å². The molecule has 0 bridgehead atoms. The second kappa shape index (κ2) is 11.6. The lowest BCUT2D eigenvalue weighted by Crippen LogP contribution is -2.52. The Kier molecular flexibility index (Phi) is 8.61. The maximum Gasteiger partial charge on any atom is 0.243 e. The molecule has 0 aliphatic rings. The first kappa shape index (κ1) is 24.5. The van der Waals surface area contributed by atoms with Gasteiger partial charge in [0.1, 0.15) is 11.9 Å².